The van der Waals surface area contributed by atoms with Gasteiger partial charge in [0.05, 0.1) is 0 Å². The molecule has 0 unspecified atom stereocenters. The van der Waals surface area contributed by atoms with Crippen LogP contribution >= 0.6 is 0 Å². The van der Waals surface area contributed by atoms with Crippen molar-refractivity contribution in [2.24, 2.45) is 0 Å². The number of amides is 2. The van der Waals surface area contributed by atoms with Crippen molar-refractivity contribution in [1.29, 1.82) is 0 Å². The van der Waals surface area contributed by atoms with Crippen LogP contribution in [0.3, 0.4) is 0 Å². The third kappa shape index (κ3) is 4.34. The Bertz CT molecular complexity index is 1020. The summed E-state index contributed by atoms with van der Waals surface area (Å²) >= 11 is 0. The normalized spacial score (nSPS) is 10.6. The minimum atomic E-state index is -0.421. The van der Waals surface area contributed by atoms with E-state index in [-0.39, 0.29) is 17.3 Å². The second kappa shape index (κ2) is 8.68. The average molecular weight is 395 g/mol. The predicted octanol–water partition coefficient (Wildman–Crippen LogP) is 4.52. The summed E-state index contributed by atoms with van der Waals surface area (Å²) in [5.41, 5.74) is 2.14. The lowest BCUT2D eigenvalue weighted by Gasteiger charge is -2.19. The maximum atomic E-state index is 13.2. The summed E-state index contributed by atoms with van der Waals surface area (Å²) in [7, 11) is 0. The Morgan fingerprint density at radius 1 is 1.10 bits per heavy atom. The highest BCUT2D eigenvalue weighted by molar-refractivity contribution is 6.09. The molecule has 0 radical (unpaired) electrons. The van der Waals surface area contributed by atoms with Gasteiger partial charge in [0.25, 0.3) is 11.8 Å². The van der Waals surface area contributed by atoms with E-state index >= 15 is 0 Å². The number of anilines is 1. The van der Waals surface area contributed by atoms with Crippen molar-refractivity contribution in [2.45, 2.75) is 20.8 Å². The van der Waals surface area contributed by atoms with Crippen LogP contribution in [-0.4, -0.2) is 35.0 Å². The van der Waals surface area contributed by atoms with Gasteiger partial charge in [-0.3, -0.25) is 9.59 Å². The summed E-state index contributed by atoms with van der Waals surface area (Å²) in [6.45, 7) is 6.67. The summed E-state index contributed by atoms with van der Waals surface area (Å²) in [6, 6.07) is 12.4. The zero-order valence-electron chi connectivity index (χ0n) is 16.5. The highest BCUT2D eigenvalue weighted by Crippen LogP contribution is 2.26. The van der Waals surface area contributed by atoms with E-state index in [1.165, 1.54) is 24.3 Å². The molecule has 2 aromatic carbocycles. The summed E-state index contributed by atoms with van der Waals surface area (Å²) in [4.78, 5) is 27.2. The lowest BCUT2D eigenvalue weighted by Crippen LogP contribution is -2.30. The average Bonchev–Trinajstić information content (AvgIpc) is 3.11. The number of hydrogen-bond donors (Lipinski definition) is 1. The van der Waals surface area contributed by atoms with Crippen LogP contribution in [0.25, 0.3) is 11.3 Å². The number of nitrogens with zero attached hydrogens (tertiary/aromatic N) is 2. The fourth-order valence-electron chi connectivity index (χ4n) is 3.06. The number of rotatable bonds is 6. The minimum absolute atomic E-state index is 0.0979. The van der Waals surface area contributed by atoms with Gasteiger partial charge < -0.3 is 14.7 Å². The number of aromatic nitrogens is 1. The Labute approximate surface area is 168 Å². The Hall–Kier alpha value is -3.48. The monoisotopic (exact) mass is 395 g/mol. The number of hydrogen-bond acceptors (Lipinski definition) is 4. The predicted molar refractivity (Wildman–Crippen MR) is 108 cm³/mol. The van der Waals surface area contributed by atoms with Crippen LogP contribution in [0.2, 0.25) is 0 Å². The quantitative estimate of drug-likeness (QED) is 0.666. The zero-order chi connectivity index (χ0) is 21.0. The molecule has 0 spiro atoms. The van der Waals surface area contributed by atoms with Crippen LogP contribution in [0.4, 0.5) is 10.1 Å². The molecule has 1 aromatic heterocycles. The van der Waals surface area contributed by atoms with E-state index < -0.39 is 5.91 Å². The molecule has 7 heteroatoms. The molecule has 0 fully saturated rings. The molecule has 2 amide bonds. The molecular weight excluding hydrogens is 373 g/mol. The zero-order valence-corrected chi connectivity index (χ0v) is 16.5. The van der Waals surface area contributed by atoms with E-state index in [1.54, 1.807) is 36.1 Å². The third-order valence-corrected chi connectivity index (χ3v) is 4.63. The number of carbonyl (C=O) groups excluding carboxylic acids is 2. The van der Waals surface area contributed by atoms with Crippen molar-refractivity contribution in [3.8, 4) is 11.3 Å². The highest BCUT2D eigenvalue weighted by Gasteiger charge is 2.22. The number of carbonyl (C=O) groups is 2. The summed E-state index contributed by atoms with van der Waals surface area (Å²) in [5.74, 6) is -0.554. The SMILES string of the molecule is CCN(CC)C(=O)c1cccc(NC(=O)c2c(-c3ccc(F)cc3)noc2C)c1. The van der Waals surface area contributed by atoms with Crippen LogP contribution < -0.4 is 5.32 Å². The molecule has 3 aromatic rings. The first kappa shape index (κ1) is 20.3. The molecule has 1 N–H and O–H groups in total. The first-order chi connectivity index (χ1) is 13.9. The molecule has 0 aliphatic heterocycles. The highest BCUT2D eigenvalue weighted by atomic mass is 19.1. The maximum Gasteiger partial charge on any atom is 0.261 e. The van der Waals surface area contributed by atoms with Crippen molar-refractivity contribution >= 4 is 17.5 Å². The van der Waals surface area contributed by atoms with Crippen LogP contribution in [0.15, 0.2) is 53.1 Å². The number of halogens is 1. The Morgan fingerprint density at radius 3 is 2.45 bits per heavy atom. The van der Waals surface area contributed by atoms with E-state index in [2.05, 4.69) is 10.5 Å². The molecule has 150 valence electrons. The van der Waals surface area contributed by atoms with Gasteiger partial charge in [-0.2, -0.15) is 0 Å². The Balaban J connectivity index is 1.87. The minimum Gasteiger partial charge on any atom is -0.360 e. The van der Waals surface area contributed by atoms with Crippen LogP contribution in [0.1, 0.15) is 40.3 Å². The van der Waals surface area contributed by atoms with Gasteiger partial charge in [0.1, 0.15) is 22.8 Å². The second-order valence-corrected chi connectivity index (χ2v) is 6.48. The van der Waals surface area contributed by atoms with Gasteiger partial charge >= 0.3 is 0 Å². The topological polar surface area (TPSA) is 75.4 Å². The van der Waals surface area contributed by atoms with Crippen LogP contribution in [0.5, 0.6) is 0 Å². The second-order valence-electron chi connectivity index (χ2n) is 6.48. The standard InChI is InChI=1S/C22H22FN3O3/c1-4-26(5-2)22(28)16-7-6-8-18(13-16)24-21(27)19-14(3)29-25-20(19)15-9-11-17(23)12-10-15/h6-13H,4-5H2,1-3H3,(H,24,27). The Kier molecular flexibility index (Phi) is 6.07. The fraction of sp³-hybridized carbons (Fsp3) is 0.227. The van der Waals surface area contributed by atoms with Gasteiger partial charge in [-0.1, -0.05) is 11.2 Å². The molecule has 0 aliphatic carbocycles. The van der Waals surface area contributed by atoms with Gasteiger partial charge in [-0.25, -0.2) is 4.39 Å². The Morgan fingerprint density at radius 2 is 1.79 bits per heavy atom. The van der Waals surface area contributed by atoms with Crippen molar-refractivity contribution in [3.05, 3.63) is 71.2 Å². The maximum absolute atomic E-state index is 13.2. The summed E-state index contributed by atoms with van der Waals surface area (Å²) < 4.78 is 18.4. The van der Waals surface area contributed by atoms with Crippen LogP contribution in [0, 0.1) is 12.7 Å². The van der Waals surface area contributed by atoms with Crippen molar-refractivity contribution in [2.75, 3.05) is 18.4 Å². The first-order valence-electron chi connectivity index (χ1n) is 9.37. The molecule has 6 nitrogen and oxygen atoms in total. The van der Waals surface area contributed by atoms with Crippen molar-refractivity contribution < 1.29 is 18.5 Å². The molecule has 29 heavy (non-hydrogen) atoms. The number of nitrogens with one attached hydrogen (secondary N) is 1. The van der Waals surface area contributed by atoms with Crippen molar-refractivity contribution in [3.63, 3.8) is 0 Å². The van der Waals surface area contributed by atoms with Crippen molar-refractivity contribution in [1.82, 2.24) is 10.1 Å². The van der Waals surface area contributed by atoms with E-state index in [0.717, 1.165) is 0 Å². The number of benzene rings is 2. The van der Waals surface area contributed by atoms with Gasteiger partial charge in [-0.15, -0.1) is 0 Å². The molecule has 0 bridgehead atoms. The molecule has 0 atom stereocenters. The largest absolute Gasteiger partial charge is 0.360 e. The van der Waals surface area contributed by atoms with Gasteiger partial charge in [0, 0.05) is 29.9 Å². The molecule has 1 heterocycles. The van der Waals surface area contributed by atoms with Gasteiger partial charge in [0.2, 0.25) is 0 Å². The van der Waals surface area contributed by atoms with E-state index in [0.29, 0.717) is 41.4 Å². The lowest BCUT2D eigenvalue weighted by atomic mass is 10.1. The van der Waals surface area contributed by atoms with Crippen LogP contribution in [-0.2, 0) is 0 Å². The molecule has 3 rings (SSSR count). The lowest BCUT2D eigenvalue weighted by molar-refractivity contribution is 0.0772. The smallest absolute Gasteiger partial charge is 0.261 e. The van der Waals surface area contributed by atoms with E-state index in [9.17, 15) is 14.0 Å². The molecule has 0 saturated heterocycles. The number of aryl methyl sites for hydroxylation is 1. The van der Waals surface area contributed by atoms with Gasteiger partial charge in [-0.05, 0) is 63.2 Å². The molecule has 0 saturated carbocycles. The fourth-order valence-corrected chi connectivity index (χ4v) is 3.06. The molecule has 0 aliphatic rings. The summed E-state index contributed by atoms with van der Waals surface area (Å²) in [6.07, 6.45) is 0. The first-order valence-corrected chi connectivity index (χ1v) is 9.37. The van der Waals surface area contributed by atoms with E-state index in [1.807, 2.05) is 13.8 Å². The summed E-state index contributed by atoms with van der Waals surface area (Å²) in [5, 5.41) is 6.74. The van der Waals surface area contributed by atoms with E-state index in [4.69, 9.17) is 4.52 Å². The molecular formula is C22H22FN3O3. The van der Waals surface area contributed by atoms with Gasteiger partial charge in [0.15, 0.2) is 0 Å². The third-order valence-electron chi connectivity index (χ3n) is 4.63.